The fourth-order valence-corrected chi connectivity index (χ4v) is 3.20. The van der Waals surface area contributed by atoms with Crippen LogP contribution in [0.25, 0.3) is 0 Å². The van der Waals surface area contributed by atoms with Crippen molar-refractivity contribution in [2.75, 3.05) is 0 Å². The van der Waals surface area contributed by atoms with E-state index in [9.17, 15) is 0 Å². The predicted molar refractivity (Wildman–Crippen MR) is 79.7 cm³/mol. The van der Waals surface area contributed by atoms with Crippen molar-refractivity contribution in [2.45, 2.75) is 11.5 Å². The molecule has 0 heterocycles. The summed E-state index contributed by atoms with van der Waals surface area (Å²) in [4.78, 5) is 0. The minimum atomic E-state index is 0.0866. The van der Waals surface area contributed by atoms with Crippen molar-refractivity contribution in [2.24, 2.45) is 0 Å². The van der Waals surface area contributed by atoms with E-state index in [4.69, 9.17) is 5.26 Å². The Balaban J connectivity index is 1.97. The van der Waals surface area contributed by atoms with Crippen molar-refractivity contribution in [3.05, 3.63) is 71.3 Å². The summed E-state index contributed by atoms with van der Waals surface area (Å²) in [6.07, 6.45) is 0. The van der Waals surface area contributed by atoms with Crippen LogP contribution in [0.15, 0.2) is 54.6 Å². The molecule has 0 amide bonds. The largest absolute Gasteiger partial charge is 0.192 e. The summed E-state index contributed by atoms with van der Waals surface area (Å²) in [5.74, 6) is 6.22. The van der Waals surface area contributed by atoms with Crippen molar-refractivity contribution in [3.63, 3.8) is 0 Å². The first-order valence-corrected chi connectivity index (χ1v) is 7.51. The van der Waals surface area contributed by atoms with Gasteiger partial charge in [-0.25, -0.2) is 0 Å². The number of benzene rings is 2. The molecule has 1 nitrogen and oxygen atoms in total. The second-order valence-electron chi connectivity index (χ2n) is 4.20. The monoisotopic (exact) mass is 253 g/mol. The van der Waals surface area contributed by atoms with Gasteiger partial charge in [-0.15, -0.1) is 0 Å². The summed E-state index contributed by atoms with van der Waals surface area (Å²) in [5.41, 5.74) is 3.30. The maximum Gasteiger partial charge on any atom is 0.0991 e. The van der Waals surface area contributed by atoms with Crippen molar-refractivity contribution in [1.29, 1.82) is 5.26 Å². The lowest BCUT2D eigenvalue weighted by Gasteiger charge is -2.08. The van der Waals surface area contributed by atoms with E-state index in [1.54, 1.807) is 0 Å². The Labute approximate surface area is 111 Å². The normalized spacial score (nSPS) is 11.7. The smallest absolute Gasteiger partial charge is 0.0991 e. The molecule has 2 aromatic rings. The van der Waals surface area contributed by atoms with E-state index in [0.29, 0.717) is 5.56 Å². The minimum absolute atomic E-state index is 0.0866. The molecule has 1 atom stereocenters. The maximum absolute atomic E-state index is 8.74. The molecule has 0 bridgehead atoms. The summed E-state index contributed by atoms with van der Waals surface area (Å²) in [6, 6.07) is 20.4. The average Bonchev–Trinajstić information content (AvgIpc) is 2.40. The van der Waals surface area contributed by atoms with Crippen molar-refractivity contribution < 1.29 is 0 Å². The van der Waals surface area contributed by atoms with Gasteiger partial charge in [0, 0.05) is 11.5 Å². The highest BCUT2D eigenvalue weighted by Gasteiger charge is 1.98. The molecular weight excluding hydrogens is 238 g/mol. The average molecular weight is 253 g/mol. The third-order valence-corrected chi connectivity index (χ3v) is 4.15. The maximum atomic E-state index is 8.74. The molecule has 1 unspecified atom stereocenters. The first kappa shape index (κ1) is 12.6. The lowest BCUT2D eigenvalue weighted by atomic mass is 10.2. The molecule has 0 aromatic heterocycles. The van der Waals surface area contributed by atoms with Crippen molar-refractivity contribution in [1.82, 2.24) is 0 Å². The van der Waals surface area contributed by atoms with Crippen LogP contribution in [0.1, 0.15) is 16.7 Å². The molecule has 0 aliphatic carbocycles. The fourth-order valence-electron chi connectivity index (χ4n) is 1.77. The standard InChI is InChI=1S/C16H15NS/c1-18(12-15-5-3-2-4-6-15)13-16-9-7-14(11-17)8-10-16/h2-10H,1,12-13H2. The van der Waals surface area contributed by atoms with E-state index in [1.165, 1.54) is 11.1 Å². The van der Waals surface area contributed by atoms with Crippen LogP contribution in [-0.2, 0) is 11.5 Å². The molecule has 0 N–H and O–H groups in total. The van der Waals surface area contributed by atoms with Gasteiger partial charge in [0.05, 0.1) is 11.6 Å². The molecule has 0 saturated heterocycles. The SMILES string of the molecule is C=S(Cc1ccccc1)Cc1ccc(C#N)cc1. The Morgan fingerprint density at radius 2 is 1.44 bits per heavy atom. The van der Waals surface area contributed by atoms with Crippen LogP contribution in [-0.4, -0.2) is 5.87 Å². The zero-order chi connectivity index (χ0) is 12.8. The van der Waals surface area contributed by atoms with Gasteiger partial charge in [-0.05, 0) is 23.3 Å². The van der Waals surface area contributed by atoms with Crippen molar-refractivity contribution >= 4 is 16.4 Å². The van der Waals surface area contributed by atoms with Crippen LogP contribution in [0, 0.1) is 11.3 Å². The van der Waals surface area contributed by atoms with E-state index in [1.807, 2.05) is 30.3 Å². The Bertz CT molecular complexity index is 564. The highest BCUT2D eigenvalue weighted by Crippen LogP contribution is 2.23. The molecule has 0 radical (unpaired) electrons. The molecule has 90 valence electrons. The summed E-state index contributed by atoms with van der Waals surface area (Å²) in [7, 11) is 0.0866. The number of nitrogens with zero attached hydrogens (tertiary/aromatic N) is 1. The van der Waals surface area contributed by atoms with Crippen LogP contribution in [0.3, 0.4) is 0 Å². The van der Waals surface area contributed by atoms with Gasteiger partial charge in [0.25, 0.3) is 0 Å². The second kappa shape index (κ2) is 6.18. The Hall–Kier alpha value is -1.85. The van der Waals surface area contributed by atoms with Gasteiger partial charge < -0.3 is 0 Å². The van der Waals surface area contributed by atoms with E-state index in [-0.39, 0.29) is 10.5 Å². The molecule has 18 heavy (non-hydrogen) atoms. The predicted octanol–water partition coefficient (Wildman–Crippen LogP) is 3.96. The zero-order valence-electron chi connectivity index (χ0n) is 10.2. The first-order chi connectivity index (χ1) is 8.78. The van der Waals surface area contributed by atoms with E-state index in [0.717, 1.165) is 11.5 Å². The lowest BCUT2D eigenvalue weighted by molar-refractivity contribution is 1.35. The van der Waals surface area contributed by atoms with Gasteiger partial charge >= 0.3 is 0 Å². The number of nitriles is 1. The van der Waals surface area contributed by atoms with Gasteiger partial charge in [0.1, 0.15) is 0 Å². The lowest BCUT2D eigenvalue weighted by Crippen LogP contribution is -1.87. The number of hydrogen-bond donors (Lipinski definition) is 0. The van der Waals surface area contributed by atoms with Crippen LogP contribution >= 0.6 is 10.5 Å². The molecule has 0 aliphatic heterocycles. The summed E-state index contributed by atoms with van der Waals surface area (Å²) < 4.78 is 0. The highest BCUT2D eigenvalue weighted by molar-refractivity contribution is 8.12. The Kier molecular flexibility index (Phi) is 4.33. The van der Waals surface area contributed by atoms with Crippen LogP contribution in [0.5, 0.6) is 0 Å². The highest BCUT2D eigenvalue weighted by atomic mass is 32.2. The van der Waals surface area contributed by atoms with Gasteiger partial charge in [0.2, 0.25) is 0 Å². The summed E-state index contributed by atoms with van der Waals surface area (Å²) in [5, 5.41) is 8.74. The molecule has 0 fully saturated rings. The second-order valence-corrected chi connectivity index (χ2v) is 6.00. The molecule has 2 heteroatoms. The fraction of sp³-hybridized carbons (Fsp3) is 0.125. The molecule has 2 aromatic carbocycles. The van der Waals surface area contributed by atoms with Crippen molar-refractivity contribution in [3.8, 4) is 6.07 Å². The van der Waals surface area contributed by atoms with Gasteiger partial charge in [-0.2, -0.15) is 15.7 Å². The van der Waals surface area contributed by atoms with Crippen LogP contribution < -0.4 is 0 Å². The Morgan fingerprint density at radius 3 is 2.00 bits per heavy atom. The molecule has 0 spiro atoms. The van der Waals surface area contributed by atoms with Crippen LogP contribution in [0.4, 0.5) is 0 Å². The molecule has 0 saturated carbocycles. The van der Waals surface area contributed by atoms with E-state index < -0.39 is 0 Å². The summed E-state index contributed by atoms with van der Waals surface area (Å²) in [6.45, 7) is 0. The third kappa shape index (κ3) is 3.58. The zero-order valence-corrected chi connectivity index (χ0v) is 11.0. The van der Waals surface area contributed by atoms with Gasteiger partial charge in [-0.1, -0.05) is 48.3 Å². The molecule has 2 rings (SSSR count). The third-order valence-electron chi connectivity index (χ3n) is 2.67. The quantitative estimate of drug-likeness (QED) is 0.757. The summed E-state index contributed by atoms with van der Waals surface area (Å²) >= 11 is 0. The van der Waals surface area contributed by atoms with Gasteiger partial charge in [-0.3, -0.25) is 0 Å². The number of hydrogen-bond acceptors (Lipinski definition) is 1. The van der Waals surface area contributed by atoms with E-state index in [2.05, 4.69) is 36.2 Å². The van der Waals surface area contributed by atoms with Gasteiger partial charge in [0.15, 0.2) is 0 Å². The first-order valence-electron chi connectivity index (χ1n) is 5.78. The molecule has 0 aliphatic rings. The van der Waals surface area contributed by atoms with Crippen LogP contribution in [0.2, 0.25) is 0 Å². The Morgan fingerprint density at radius 1 is 0.889 bits per heavy atom. The number of rotatable bonds is 4. The van der Waals surface area contributed by atoms with E-state index >= 15 is 0 Å². The molecular formula is C16H15NS. The topological polar surface area (TPSA) is 23.8 Å². The minimum Gasteiger partial charge on any atom is -0.192 e.